The summed E-state index contributed by atoms with van der Waals surface area (Å²) in [4.78, 5) is 17.7. The lowest BCUT2D eigenvalue weighted by Gasteiger charge is -2.21. The number of carbonyl (C=O) groups excluding carboxylic acids is 1. The Morgan fingerprint density at radius 3 is 2.36 bits per heavy atom. The molecule has 1 N–H and O–H groups in total. The molecule has 0 bridgehead atoms. The minimum absolute atomic E-state index is 0.0351. The largest absolute Gasteiger partial charge is 0.396 e. The van der Waals surface area contributed by atoms with Gasteiger partial charge in [-0.25, -0.2) is 4.84 Å². The monoisotopic (exact) mass is 314 g/mol. The molecule has 0 aliphatic carbocycles. The third kappa shape index (κ3) is 10.7. The zero-order valence-electron chi connectivity index (χ0n) is 14.8. The van der Waals surface area contributed by atoms with Gasteiger partial charge in [-0.15, -0.1) is 5.17 Å². The van der Waals surface area contributed by atoms with Crippen molar-refractivity contribution < 1.29 is 14.7 Å². The van der Waals surface area contributed by atoms with Gasteiger partial charge in [0.25, 0.3) is 5.91 Å². The van der Waals surface area contributed by atoms with Crippen molar-refractivity contribution in [2.24, 2.45) is 5.10 Å². The molecule has 0 aliphatic heterocycles. The van der Waals surface area contributed by atoms with Gasteiger partial charge in [0, 0.05) is 5.71 Å². The minimum Gasteiger partial charge on any atom is -0.396 e. The number of hydroxylamine groups is 1. The van der Waals surface area contributed by atoms with E-state index in [0.717, 1.165) is 62.3 Å². The molecule has 0 aromatic carbocycles. The van der Waals surface area contributed by atoms with Gasteiger partial charge >= 0.3 is 0 Å². The van der Waals surface area contributed by atoms with E-state index in [1.165, 1.54) is 0 Å². The maximum atomic E-state index is 12.0. The molecule has 22 heavy (non-hydrogen) atoms. The Labute approximate surface area is 135 Å². The summed E-state index contributed by atoms with van der Waals surface area (Å²) in [6, 6.07) is 0. The van der Waals surface area contributed by atoms with Gasteiger partial charge in [0.2, 0.25) is 0 Å². The maximum Gasteiger partial charge on any atom is 0.271 e. The molecule has 0 spiro atoms. The Balaban J connectivity index is 4.54. The standard InChI is InChI=1S/C17H34N2O3/c1-5-7-9-11-15(3)18-19(17(21)13-14-20)22-16(4)12-10-8-6-2/h16,20H,5-14H2,1-4H3/b18-15+. The second-order valence-electron chi connectivity index (χ2n) is 5.84. The van der Waals surface area contributed by atoms with Gasteiger partial charge in [-0.05, 0) is 33.1 Å². The van der Waals surface area contributed by atoms with Gasteiger partial charge in [0.05, 0.1) is 19.1 Å². The highest BCUT2D eigenvalue weighted by Crippen LogP contribution is 2.11. The lowest BCUT2D eigenvalue weighted by atomic mass is 10.1. The van der Waals surface area contributed by atoms with Crippen molar-refractivity contribution in [1.29, 1.82) is 0 Å². The van der Waals surface area contributed by atoms with E-state index in [-0.39, 0.29) is 25.0 Å². The summed E-state index contributed by atoms with van der Waals surface area (Å²) < 4.78 is 0. The first kappa shape index (κ1) is 21.1. The second kappa shape index (κ2) is 13.7. The molecule has 0 aliphatic rings. The first-order valence-electron chi connectivity index (χ1n) is 8.69. The summed E-state index contributed by atoms with van der Waals surface area (Å²) in [6.45, 7) is 8.00. The number of hydrazone groups is 1. The van der Waals surface area contributed by atoms with Crippen LogP contribution in [0.15, 0.2) is 5.10 Å². The molecule has 130 valence electrons. The summed E-state index contributed by atoms with van der Waals surface area (Å²) in [7, 11) is 0. The highest BCUT2D eigenvalue weighted by Gasteiger charge is 2.17. The average molecular weight is 314 g/mol. The Morgan fingerprint density at radius 2 is 1.77 bits per heavy atom. The molecule has 0 heterocycles. The van der Waals surface area contributed by atoms with Crippen LogP contribution in [-0.4, -0.2) is 34.6 Å². The summed E-state index contributed by atoms with van der Waals surface area (Å²) in [5, 5.41) is 14.3. The number of amides is 1. The second-order valence-corrected chi connectivity index (χ2v) is 5.84. The predicted molar refractivity (Wildman–Crippen MR) is 90.5 cm³/mol. The van der Waals surface area contributed by atoms with Crippen molar-refractivity contribution in [3.05, 3.63) is 0 Å². The van der Waals surface area contributed by atoms with Crippen molar-refractivity contribution in [1.82, 2.24) is 5.17 Å². The van der Waals surface area contributed by atoms with Crippen molar-refractivity contribution >= 4 is 11.6 Å². The lowest BCUT2D eigenvalue weighted by Crippen LogP contribution is -2.31. The van der Waals surface area contributed by atoms with Crippen molar-refractivity contribution in [3.63, 3.8) is 0 Å². The number of unbranched alkanes of at least 4 members (excludes halogenated alkanes) is 4. The van der Waals surface area contributed by atoms with Crippen LogP contribution in [-0.2, 0) is 9.63 Å². The molecular formula is C17H34N2O3. The molecule has 5 nitrogen and oxygen atoms in total. The van der Waals surface area contributed by atoms with Crippen LogP contribution >= 0.6 is 0 Å². The normalized spacial score (nSPS) is 13.2. The average Bonchev–Trinajstić information content (AvgIpc) is 2.47. The molecule has 0 fully saturated rings. The Hall–Kier alpha value is -0.940. The molecule has 0 saturated heterocycles. The molecule has 0 aromatic rings. The van der Waals surface area contributed by atoms with Crippen molar-refractivity contribution in [2.45, 2.75) is 91.6 Å². The van der Waals surface area contributed by atoms with Gasteiger partial charge in [-0.2, -0.15) is 5.10 Å². The zero-order chi connectivity index (χ0) is 16.8. The molecule has 1 unspecified atom stereocenters. The summed E-state index contributed by atoms with van der Waals surface area (Å²) in [5.41, 5.74) is 0.889. The molecular weight excluding hydrogens is 280 g/mol. The quantitative estimate of drug-likeness (QED) is 0.317. The van der Waals surface area contributed by atoms with E-state index in [1.54, 1.807) is 0 Å². The molecule has 1 atom stereocenters. The molecule has 0 aromatic heterocycles. The van der Waals surface area contributed by atoms with E-state index in [9.17, 15) is 4.79 Å². The number of hydrogen-bond donors (Lipinski definition) is 1. The van der Waals surface area contributed by atoms with E-state index in [0.29, 0.717) is 0 Å². The lowest BCUT2D eigenvalue weighted by molar-refractivity contribution is -0.205. The fourth-order valence-electron chi connectivity index (χ4n) is 2.07. The SMILES string of the molecule is CCCCC/C(C)=N/N(OC(C)CCCCC)C(=O)CCO. The molecule has 5 heteroatoms. The van der Waals surface area contributed by atoms with Crippen LogP contribution in [0.3, 0.4) is 0 Å². The van der Waals surface area contributed by atoms with Crippen molar-refractivity contribution in [3.8, 4) is 0 Å². The van der Waals surface area contributed by atoms with Crippen molar-refractivity contribution in [2.75, 3.05) is 6.61 Å². The Morgan fingerprint density at radius 1 is 1.14 bits per heavy atom. The number of aliphatic hydroxyl groups excluding tert-OH is 1. The molecule has 0 saturated carbocycles. The van der Waals surface area contributed by atoms with E-state index < -0.39 is 0 Å². The van der Waals surface area contributed by atoms with Crippen LogP contribution in [0, 0.1) is 0 Å². The van der Waals surface area contributed by atoms with Crippen LogP contribution < -0.4 is 0 Å². The van der Waals surface area contributed by atoms with Gasteiger partial charge in [0.15, 0.2) is 0 Å². The third-order valence-corrected chi connectivity index (χ3v) is 3.44. The highest BCUT2D eigenvalue weighted by atomic mass is 16.7. The van der Waals surface area contributed by atoms with E-state index >= 15 is 0 Å². The minimum atomic E-state index is -0.292. The van der Waals surface area contributed by atoms with Gasteiger partial charge in [-0.3, -0.25) is 4.79 Å². The van der Waals surface area contributed by atoms with E-state index in [4.69, 9.17) is 9.94 Å². The third-order valence-electron chi connectivity index (χ3n) is 3.44. The number of carbonyl (C=O) groups is 1. The Kier molecular flexibility index (Phi) is 13.1. The predicted octanol–water partition coefficient (Wildman–Crippen LogP) is 4.05. The molecule has 0 rings (SSSR count). The van der Waals surface area contributed by atoms with Crippen LogP contribution in [0.4, 0.5) is 0 Å². The molecule has 1 amide bonds. The van der Waals surface area contributed by atoms with Gasteiger partial charge < -0.3 is 5.11 Å². The zero-order valence-corrected chi connectivity index (χ0v) is 14.8. The topological polar surface area (TPSA) is 62.1 Å². The summed E-state index contributed by atoms with van der Waals surface area (Å²) >= 11 is 0. The number of rotatable bonds is 13. The summed E-state index contributed by atoms with van der Waals surface area (Å²) in [5.74, 6) is -0.292. The fraction of sp³-hybridized carbons (Fsp3) is 0.882. The number of hydrogen-bond acceptors (Lipinski definition) is 4. The maximum absolute atomic E-state index is 12.0. The van der Waals surface area contributed by atoms with Crippen LogP contribution in [0.5, 0.6) is 0 Å². The van der Waals surface area contributed by atoms with Crippen LogP contribution in [0.1, 0.15) is 85.5 Å². The van der Waals surface area contributed by atoms with Gasteiger partial charge in [0.1, 0.15) is 0 Å². The van der Waals surface area contributed by atoms with Crippen LogP contribution in [0.2, 0.25) is 0 Å². The molecule has 0 radical (unpaired) electrons. The smallest absolute Gasteiger partial charge is 0.271 e. The van der Waals surface area contributed by atoms with Crippen LogP contribution in [0.25, 0.3) is 0 Å². The van der Waals surface area contributed by atoms with E-state index in [1.807, 2.05) is 13.8 Å². The number of aliphatic hydroxyl groups is 1. The van der Waals surface area contributed by atoms with E-state index in [2.05, 4.69) is 18.9 Å². The summed E-state index contributed by atoms with van der Waals surface area (Å²) in [6.07, 6.45) is 8.54. The Bertz CT molecular complexity index is 319. The fourth-order valence-corrected chi connectivity index (χ4v) is 2.07. The number of nitrogens with zero attached hydrogens (tertiary/aromatic N) is 2. The van der Waals surface area contributed by atoms with Gasteiger partial charge in [-0.1, -0.05) is 46.0 Å². The highest BCUT2D eigenvalue weighted by molar-refractivity contribution is 5.84. The first-order chi connectivity index (χ1) is 10.5. The first-order valence-corrected chi connectivity index (χ1v) is 8.69.